The molecule has 0 aliphatic heterocycles. The number of hydrogen-bond acceptors (Lipinski definition) is 4. The number of halogens is 2. The third-order valence-corrected chi connectivity index (χ3v) is 4.62. The first-order chi connectivity index (χ1) is 13.8. The van der Waals surface area contributed by atoms with Crippen LogP contribution < -0.4 is 20.7 Å². The van der Waals surface area contributed by atoms with Crippen molar-refractivity contribution in [2.24, 2.45) is 0 Å². The minimum absolute atomic E-state index is 0.0480. The monoisotopic (exact) mass is 453 g/mol. The summed E-state index contributed by atoms with van der Waals surface area (Å²) in [5.74, 6) is -0.227. The second-order valence-electron chi connectivity index (χ2n) is 6.11. The Hall–Kier alpha value is -2.35. The largest absolute Gasteiger partial charge is 0.494 e. The summed E-state index contributed by atoms with van der Waals surface area (Å²) in [6.45, 7) is 2.03. The van der Waals surface area contributed by atoms with Crippen molar-refractivity contribution in [2.75, 3.05) is 17.7 Å². The van der Waals surface area contributed by atoms with Crippen LogP contribution >= 0.6 is 35.4 Å². The lowest BCUT2D eigenvalue weighted by atomic mass is 10.2. The maximum Gasteiger partial charge on any atom is 0.257 e. The van der Waals surface area contributed by atoms with Gasteiger partial charge < -0.3 is 15.4 Å². The molecule has 29 heavy (non-hydrogen) atoms. The van der Waals surface area contributed by atoms with Gasteiger partial charge in [0.25, 0.3) is 5.91 Å². The molecule has 0 saturated heterocycles. The lowest BCUT2D eigenvalue weighted by Crippen LogP contribution is -2.34. The van der Waals surface area contributed by atoms with E-state index in [9.17, 15) is 9.59 Å². The van der Waals surface area contributed by atoms with Crippen LogP contribution in [0, 0.1) is 0 Å². The summed E-state index contributed by atoms with van der Waals surface area (Å²) in [7, 11) is 1.44. The minimum atomic E-state index is -0.474. The Balaban J connectivity index is 1.99. The number of ether oxygens (including phenoxy) is 1. The van der Waals surface area contributed by atoms with Gasteiger partial charge in [0.2, 0.25) is 5.91 Å². The van der Waals surface area contributed by atoms with Crippen LogP contribution in [0.5, 0.6) is 5.75 Å². The normalized spacial score (nSPS) is 10.2. The van der Waals surface area contributed by atoms with Crippen LogP contribution in [0.4, 0.5) is 11.4 Å². The van der Waals surface area contributed by atoms with Crippen LogP contribution in [0.15, 0.2) is 36.4 Å². The summed E-state index contributed by atoms with van der Waals surface area (Å²) in [6.07, 6.45) is 2.25. The molecule has 0 unspecified atom stereocenters. The number of carbonyl (C=O) groups excluding carboxylic acids is 2. The first-order valence-electron chi connectivity index (χ1n) is 8.89. The number of nitrogens with one attached hydrogen (secondary N) is 3. The Morgan fingerprint density at radius 3 is 2.28 bits per heavy atom. The molecule has 0 aromatic heterocycles. The number of hydrogen-bond donors (Lipinski definition) is 3. The lowest BCUT2D eigenvalue weighted by molar-refractivity contribution is -0.116. The van der Waals surface area contributed by atoms with E-state index in [2.05, 4.69) is 16.0 Å². The average molecular weight is 454 g/mol. The van der Waals surface area contributed by atoms with E-state index < -0.39 is 5.91 Å². The molecule has 0 fully saturated rings. The highest BCUT2D eigenvalue weighted by atomic mass is 35.5. The van der Waals surface area contributed by atoms with E-state index in [4.69, 9.17) is 40.2 Å². The molecule has 0 bridgehead atoms. The van der Waals surface area contributed by atoms with Crippen LogP contribution in [-0.4, -0.2) is 24.0 Å². The topological polar surface area (TPSA) is 79.5 Å². The highest BCUT2D eigenvalue weighted by Crippen LogP contribution is 2.33. The van der Waals surface area contributed by atoms with Gasteiger partial charge >= 0.3 is 0 Å². The number of amides is 2. The predicted molar refractivity (Wildman–Crippen MR) is 121 cm³/mol. The fourth-order valence-corrected chi connectivity index (χ4v) is 3.31. The fraction of sp³-hybridized carbons (Fsp3) is 0.250. The third kappa shape index (κ3) is 6.88. The summed E-state index contributed by atoms with van der Waals surface area (Å²) in [5.41, 5.74) is 1.50. The molecule has 0 atom stereocenters. The average Bonchev–Trinajstić information content (AvgIpc) is 2.66. The first kappa shape index (κ1) is 22.9. The first-order valence-corrected chi connectivity index (χ1v) is 10.1. The number of rotatable bonds is 7. The Labute approximate surface area is 184 Å². The Bertz CT molecular complexity index is 899. The fourth-order valence-electron chi connectivity index (χ4n) is 2.46. The van der Waals surface area contributed by atoms with E-state index in [1.165, 1.54) is 19.2 Å². The zero-order valence-corrected chi connectivity index (χ0v) is 18.3. The number of methoxy groups -OCH3 is 1. The molecular weight excluding hydrogens is 433 g/mol. The van der Waals surface area contributed by atoms with E-state index in [1.807, 2.05) is 6.92 Å². The molecule has 154 valence electrons. The van der Waals surface area contributed by atoms with Gasteiger partial charge in [-0.1, -0.05) is 42.6 Å². The van der Waals surface area contributed by atoms with Crippen molar-refractivity contribution in [1.82, 2.24) is 5.32 Å². The van der Waals surface area contributed by atoms with Gasteiger partial charge in [-0.15, -0.1) is 0 Å². The molecular formula is C20H21Cl2N3O3S. The van der Waals surface area contributed by atoms with Crippen LogP contribution in [0.25, 0.3) is 0 Å². The zero-order chi connectivity index (χ0) is 21.4. The van der Waals surface area contributed by atoms with Crippen molar-refractivity contribution in [3.63, 3.8) is 0 Å². The van der Waals surface area contributed by atoms with E-state index >= 15 is 0 Å². The molecule has 0 aliphatic carbocycles. The summed E-state index contributed by atoms with van der Waals surface area (Å²) < 4.78 is 5.07. The SMILES string of the molecule is CCCCC(=O)Nc1cccc(NC(=S)NC(=O)c2cc(Cl)c(OC)c(Cl)c2)c1. The van der Waals surface area contributed by atoms with Gasteiger partial charge in [0.1, 0.15) is 0 Å². The molecule has 0 saturated carbocycles. The van der Waals surface area contributed by atoms with Gasteiger partial charge in [0, 0.05) is 23.4 Å². The van der Waals surface area contributed by atoms with Gasteiger partial charge in [0.05, 0.1) is 17.2 Å². The smallest absolute Gasteiger partial charge is 0.257 e. The number of unbranched alkanes of at least 4 members (excludes halogenated alkanes) is 1. The standard InChI is InChI=1S/C20H21Cl2N3O3S/c1-3-4-8-17(26)23-13-6-5-7-14(11-13)24-20(29)25-19(27)12-9-15(21)18(28-2)16(22)10-12/h5-7,9-11H,3-4,8H2,1-2H3,(H,23,26)(H2,24,25,27,29). The van der Waals surface area contributed by atoms with Crippen molar-refractivity contribution < 1.29 is 14.3 Å². The number of anilines is 2. The Kier molecular flexibility index (Phi) is 8.70. The molecule has 3 N–H and O–H groups in total. The molecule has 2 aromatic rings. The highest BCUT2D eigenvalue weighted by molar-refractivity contribution is 7.80. The van der Waals surface area contributed by atoms with Gasteiger partial charge in [0.15, 0.2) is 10.9 Å². The molecule has 0 spiro atoms. The van der Waals surface area contributed by atoms with E-state index in [0.29, 0.717) is 23.5 Å². The zero-order valence-electron chi connectivity index (χ0n) is 16.0. The quantitative estimate of drug-likeness (QED) is 0.498. The predicted octanol–water partition coefficient (Wildman–Crippen LogP) is 5.26. The van der Waals surface area contributed by atoms with Crippen molar-refractivity contribution in [3.05, 3.63) is 52.0 Å². The van der Waals surface area contributed by atoms with E-state index in [-0.39, 0.29) is 26.6 Å². The Morgan fingerprint density at radius 1 is 1.07 bits per heavy atom. The van der Waals surface area contributed by atoms with E-state index in [0.717, 1.165) is 12.8 Å². The Morgan fingerprint density at radius 2 is 1.69 bits per heavy atom. The van der Waals surface area contributed by atoms with Crippen LogP contribution in [0.3, 0.4) is 0 Å². The lowest BCUT2D eigenvalue weighted by Gasteiger charge is -2.12. The minimum Gasteiger partial charge on any atom is -0.494 e. The van der Waals surface area contributed by atoms with Gasteiger partial charge in [-0.25, -0.2) is 0 Å². The summed E-state index contributed by atoms with van der Waals surface area (Å²) in [4.78, 5) is 24.3. The summed E-state index contributed by atoms with van der Waals surface area (Å²) >= 11 is 17.3. The molecule has 2 rings (SSSR count). The van der Waals surface area contributed by atoms with Crippen LogP contribution in [0.1, 0.15) is 36.5 Å². The number of carbonyl (C=O) groups is 2. The van der Waals surface area contributed by atoms with Crippen molar-refractivity contribution in [2.45, 2.75) is 26.2 Å². The van der Waals surface area contributed by atoms with Gasteiger partial charge in [-0.05, 0) is 49.0 Å². The summed E-state index contributed by atoms with van der Waals surface area (Å²) in [5, 5.41) is 8.83. The van der Waals surface area contributed by atoms with Crippen LogP contribution in [-0.2, 0) is 4.79 Å². The van der Waals surface area contributed by atoms with Gasteiger partial charge in [-0.3, -0.25) is 14.9 Å². The maximum atomic E-state index is 12.4. The van der Waals surface area contributed by atoms with Gasteiger partial charge in [-0.2, -0.15) is 0 Å². The summed E-state index contributed by atoms with van der Waals surface area (Å²) in [6, 6.07) is 9.92. The van der Waals surface area contributed by atoms with Crippen molar-refractivity contribution in [3.8, 4) is 5.75 Å². The molecule has 9 heteroatoms. The molecule has 0 aliphatic rings. The molecule has 0 heterocycles. The van der Waals surface area contributed by atoms with Crippen molar-refractivity contribution >= 4 is 63.7 Å². The van der Waals surface area contributed by atoms with Crippen LogP contribution in [0.2, 0.25) is 10.0 Å². The third-order valence-electron chi connectivity index (χ3n) is 3.85. The second-order valence-corrected chi connectivity index (χ2v) is 7.34. The van der Waals surface area contributed by atoms with E-state index in [1.54, 1.807) is 24.3 Å². The highest BCUT2D eigenvalue weighted by Gasteiger charge is 2.14. The number of thiocarbonyl (C=S) groups is 1. The molecule has 0 radical (unpaired) electrons. The maximum absolute atomic E-state index is 12.4. The molecule has 2 amide bonds. The molecule has 2 aromatic carbocycles. The number of benzene rings is 2. The second kappa shape index (κ2) is 11.0. The molecule has 6 nitrogen and oxygen atoms in total. The van der Waals surface area contributed by atoms with Crippen molar-refractivity contribution in [1.29, 1.82) is 0 Å².